The summed E-state index contributed by atoms with van der Waals surface area (Å²) in [7, 11) is 1.33. The molecule has 14 heavy (non-hydrogen) atoms. The molecule has 0 fully saturated rings. The summed E-state index contributed by atoms with van der Waals surface area (Å²) >= 11 is 8.68. The Balaban J connectivity index is 3.02. The van der Waals surface area contributed by atoms with E-state index in [1.807, 2.05) is 0 Å². The number of methoxy groups -OCH3 is 1. The molecule has 1 rings (SSSR count). The van der Waals surface area contributed by atoms with Crippen molar-refractivity contribution in [3.8, 4) is 0 Å². The number of para-hydroxylation sites is 1. The van der Waals surface area contributed by atoms with Gasteiger partial charge in [-0.3, -0.25) is 0 Å². The number of thiocarbonyl (C=S) groups is 1. The Hall–Kier alpha value is -1.07. The third-order valence-electron chi connectivity index (χ3n) is 1.57. The van der Waals surface area contributed by atoms with Gasteiger partial charge in [-0.2, -0.15) is 0 Å². The molecule has 0 saturated carbocycles. The SMILES string of the molecule is COC(=O)c1ccccc1NC(=S)S. The summed E-state index contributed by atoms with van der Waals surface area (Å²) in [6.07, 6.45) is 0. The molecule has 0 bridgehead atoms. The van der Waals surface area contributed by atoms with Gasteiger partial charge in [-0.1, -0.05) is 24.4 Å². The molecule has 0 radical (unpaired) electrons. The fraction of sp³-hybridized carbons (Fsp3) is 0.111. The summed E-state index contributed by atoms with van der Waals surface area (Å²) in [6.45, 7) is 0. The number of thiol groups is 1. The molecule has 3 nitrogen and oxygen atoms in total. The van der Waals surface area contributed by atoms with Crippen LogP contribution < -0.4 is 5.32 Å². The Morgan fingerprint density at radius 3 is 2.71 bits per heavy atom. The monoisotopic (exact) mass is 227 g/mol. The van der Waals surface area contributed by atoms with Crippen LogP contribution >= 0.6 is 24.8 Å². The first-order valence-electron chi connectivity index (χ1n) is 3.82. The van der Waals surface area contributed by atoms with E-state index in [1.165, 1.54) is 7.11 Å². The number of anilines is 1. The molecule has 0 aliphatic rings. The topological polar surface area (TPSA) is 38.3 Å². The number of esters is 1. The molecule has 0 spiro atoms. The number of carbonyl (C=O) groups excluding carboxylic acids is 1. The quantitative estimate of drug-likeness (QED) is 0.461. The van der Waals surface area contributed by atoms with E-state index in [-0.39, 0.29) is 0 Å². The van der Waals surface area contributed by atoms with Gasteiger partial charge in [0.25, 0.3) is 0 Å². The van der Waals surface area contributed by atoms with Gasteiger partial charge in [0.05, 0.1) is 18.4 Å². The van der Waals surface area contributed by atoms with Crippen molar-refractivity contribution in [2.45, 2.75) is 0 Å². The Labute approximate surface area is 92.9 Å². The number of ether oxygens (including phenoxy) is 1. The van der Waals surface area contributed by atoms with Crippen molar-refractivity contribution in [3.05, 3.63) is 29.8 Å². The first-order chi connectivity index (χ1) is 6.65. The van der Waals surface area contributed by atoms with Gasteiger partial charge in [0.1, 0.15) is 4.32 Å². The highest BCUT2D eigenvalue weighted by atomic mass is 32.1. The lowest BCUT2D eigenvalue weighted by atomic mass is 10.2. The van der Waals surface area contributed by atoms with Crippen LogP contribution in [0.4, 0.5) is 5.69 Å². The van der Waals surface area contributed by atoms with Crippen LogP contribution in [0.25, 0.3) is 0 Å². The van der Waals surface area contributed by atoms with Gasteiger partial charge < -0.3 is 10.1 Å². The molecule has 0 atom stereocenters. The van der Waals surface area contributed by atoms with Gasteiger partial charge in [-0.05, 0) is 12.1 Å². The number of rotatable bonds is 2. The highest BCUT2D eigenvalue weighted by Crippen LogP contribution is 2.16. The minimum Gasteiger partial charge on any atom is -0.465 e. The number of hydrogen-bond acceptors (Lipinski definition) is 3. The van der Waals surface area contributed by atoms with E-state index in [4.69, 9.17) is 12.2 Å². The molecule has 1 aromatic carbocycles. The number of carbonyl (C=O) groups is 1. The molecular formula is C9H9NO2S2. The van der Waals surface area contributed by atoms with Gasteiger partial charge in [-0.25, -0.2) is 4.79 Å². The number of benzene rings is 1. The van der Waals surface area contributed by atoms with Crippen LogP contribution in [-0.2, 0) is 4.74 Å². The zero-order valence-electron chi connectivity index (χ0n) is 7.48. The fourth-order valence-electron chi connectivity index (χ4n) is 0.995. The van der Waals surface area contributed by atoms with E-state index in [2.05, 4.69) is 22.7 Å². The van der Waals surface area contributed by atoms with Crippen LogP contribution in [0.3, 0.4) is 0 Å². The van der Waals surface area contributed by atoms with Crippen molar-refractivity contribution >= 4 is 40.8 Å². The van der Waals surface area contributed by atoms with Gasteiger partial charge in [-0.15, -0.1) is 12.6 Å². The van der Waals surface area contributed by atoms with E-state index in [1.54, 1.807) is 24.3 Å². The standard InChI is InChI=1S/C9H9NO2S2/c1-12-8(11)6-4-2-3-5-7(6)10-9(13)14/h2-5H,1H3,(H2,10,13,14). The molecule has 0 aliphatic carbocycles. The van der Waals surface area contributed by atoms with Crippen molar-refractivity contribution in [1.82, 2.24) is 0 Å². The van der Waals surface area contributed by atoms with E-state index in [0.29, 0.717) is 15.6 Å². The zero-order valence-corrected chi connectivity index (χ0v) is 9.19. The first-order valence-corrected chi connectivity index (χ1v) is 4.68. The molecule has 0 unspecified atom stereocenters. The zero-order chi connectivity index (χ0) is 10.6. The van der Waals surface area contributed by atoms with Gasteiger partial charge >= 0.3 is 5.97 Å². The van der Waals surface area contributed by atoms with E-state index < -0.39 is 5.97 Å². The van der Waals surface area contributed by atoms with E-state index >= 15 is 0 Å². The molecular weight excluding hydrogens is 218 g/mol. The second kappa shape index (κ2) is 4.97. The summed E-state index contributed by atoms with van der Waals surface area (Å²) < 4.78 is 4.92. The summed E-state index contributed by atoms with van der Waals surface area (Å²) in [5.41, 5.74) is 1.03. The van der Waals surface area contributed by atoms with Crippen LogP contribution in [-0.4, -0.2) is 17.4 Å². The minimum absolute atomic E-state index is 0.307. The number of hydrogen-bond donors (Lipinski definition) is 2. The highest BCUT2D eigenvalue weighted by Gasteiger charge is 2.10. The van der Waals surface area contributed by atoms with Crippen LogP contribution in [0, 0.1) is 0 Å². The number of nitrogens with one attached hydrogen (secondary N) is 1. The van der Waals surface area contributed by atoms with Crippen LogP contribution in [0.2, 0.25) is 0 Å². The highest BCUT2D eigenvalue weighted by molar-refractivity contribution is 8.11. The average Bonchev–Trinajstić information content (AvgIpc) is 2.16. The molecule has 0 amide bonds. The fourth-order valence-corrected chi connectivity index (χ4v) is 1.23. The summed E-state index contributed by atoms with van der Waals surface area (Å²) in [4.78, 5) is 11.3. The molecule has 74 valence electrons. The van der Waals surface area contributed by atoms with Crippen molar-refractivity contribution in [1.29, 1.82) is 0 Å². The lowest BCUT2D eigenvalue weighted by Crippen LogP contribution is -2.09. The molecule has 0 heterocycles. The second-order valence-corrected chi connectivity index (χ2v) is 3.63. The summed E-state index contributed by atoms with van der Waals surface area (Å²) in [6, 6.07) is 6.93. The summed E-state index contributed by atoms with van der Waals surface area (Å²) in [5.74, 6) is -0.405. The largest absolute Gasteiger partial charge is 0.465 e. The lowest BCUT2D eigenvalue weighted by Gasteiger charge is -2.07. The predicted molar refractivity (Wildman–Crippen MR) is 63.0 cm³/mol. The van der Waals surface area contributed by atoms with Crippen LogP contribution in [0.15, 0.2) is 24.3 Å². The van der Waals surface area contributed by atoms with Gasteiger partial charge in [0, 0.05) is 0 Å². The third-order valence-corrected chi connectivity index (χ3v) is 1.79. The normalized spacial score (nSPS) is 9.29. The smallest absolute Gasteiger partial charge is 0.339 e. The maximum atomic E-state index is 11.3. The predicted octanol–water partition coefficient (Wildman–Crippen LogP) is 2.10. The Morgan fingerprint density at radius 1 is 1.50 bits per heavy atom. The average molecular weight is 227 g/mol. The lowest BCUT2D eigenvalue weighted by molar-refractivity contribution is 0.0602. The second-order valence-electron chi connectivity index (χ2n) is 2.47. The Kier molecular flexibility index (Phi) is 3.91. The van der Waals surface area contributed by atoms with Crippen molar-refractivity contribution in [3.63, 3.8) is 0 Å². The maximum Gasteiger partial charge on any atom is 0.339 e. The van der Waals surface area contributed by atoms with E-state index in [0.717, 1.165) is 0 Å². The van der Waals surface area contributed by atoms with Gasteiger partial charge in [0.2, 0.25) is 0 Å². The molecule has 1 N–H and O–H groups in total. The molecule has 1 aromatic rings. The third kappa shape index (κ3) is 2.71. The van der Waals surface area contributed by atoms with Crippen molar-refractivity contribution < 1.29 is 9.53 Å². The minimum atomic E-state index is -0.405. The molecule has 0 aromatic heterocycles. The van der Waals surface area contributed by atoms with Gasteiger partial charge in [0.15, 0.2) is 0 Å². The molecule has 0 saturated heterocycles. The molecule has 5 heteroatoms. The Bertz CT molecular complexity index is 366. The van der Waals surface area contributed by atoms with Crippen LogP contribution in [0.1, 0.15) is 10.4 Å². The summed E-state index contributed by atoms with van der Waals surface area (Å²) in [5, 5.41) is 2.78. The van der Waals surface area contributed by atoms with Crippen molar-refractivity contribution in [2.75, 3.05) is 12.4 Å². The first kappa shape index (κ1) is 11.0. The molecule has 0 aliphatic heterocycles. The van der Waals surface area contributed by atoms with Crippen molar-refractivity contribution in [2.24, 2.45) is 0 Å². The van der Waals surface area contributed by atoms with Crippen LogP contribution in [0.5, 0.6) is 0 Å². The Morgan fingerprint density at radius 2 is 2.14 bits per heavy atom. The maximum absolute atomic E-state index is 11.3. The van der Waals surface area contributed by atoms with E-state index in [9.17, 15) is 4.79 Å².